The van der Waals surface area contributed by atoms with Crippen LogP contribution in [0.25, 0.3) is 0 Å². The highest BCUT2D eigenvalue weighted by molar-refractivity contribution is 7.99. The van der Waals surface area contributed by atoms with Gasteiger partial charge in [-0.15, -0.1) is 0 Å². The Bertz CT molecular complexity index is 937. The van der Waals surface area contributed by atoms with Gasteiger partial charge < -0.3 is 34.0 Å². The molecule has 47 heavy (non-hydrogen) atoms. The van der Waals surface area contributed by atoms with Crippen LogP contribution in [0.5, 0.6) is 0 Å². The van der Waals surface area contributed by atoms with Gasteiger partial charge in [-0.3, -0.25) is 0 Å². The molecule has 0 aliphatic rings. The zero-order valence-corrected chi connectivity index (χ0v) is 32.5. The number of halogens is 3. The van der Waals surface area contributed by atoms with Crippen molar-refractivity contribution in [3.63, 3.8) is 0 Å². The molecule has 2 N–H and O–H groups in total. The molecule has 2 amide bonds. The Balaban J connectivity index is 0. The van der Waals surface area contributed by atoms with Crippen LogP contribution in [0.2, 0.25) is 18.1 Å². The highest BCUT2D eigenvalue weighted by Gasteiger charge is 2.45. The smallest absolute Gasteiger partial charge is 0.413 e. The number of carbonyl (C=O) groups is 4. The second-order valence-electron chi connectivity index (χ2n) is 12.5. The van der Waals surface area contributed by atoms with Gasteiger partial charge in [-0.1, -0.05) is 20.8 Å². The average Bonchev–Trinajstić information content (AvgIpc) is 2.95. The number of alkyl halides is 3. The second-order valence-corrected chi connectivity index (χ2v) is 18.9. The van der Waals surface area contributed by atoms with Crippen molar-refractivity contribution in [1.82, 2.24) is 10.6 Å². The fraction of sp³-hybridized carbons (Fsp3) is 0.867. The first-order valence-corrected chi connectivity index (χ1v) is 19.9. The van der Waals surface area contributed by atoms with Gasteiger partial charge in [0.15, 0.2) is 8.32 Å². The van der Waals surface area contributed by atoms with Crippen LogP contribution in [0.3, 0.4) is 0 Å². The summed E-state index contributed by atoms with van der Waals surface area (Å²) in [6.07, 6.45) is -7.11. The minimum Gasteiger partial charge on any atom is -0.467 e. The Morgan fingerprint density at radius 3 is 1.43 bits per heavy atom. The number of alkyl carbamates (subject to hydrolysis) is 2. The molecule has 0 aromatic rings. The maximum Gasteiger partial charge on any atom is 0.413 e. The van der Waals surface area contributed by atoms with Crippen LogP contribution in [0.1, 0.15) is 81.6 Å². The van der Waals surface area contributed by atoms with Crippen LogP contribution < -0.4 is 10.6 Å². The first-order chi connectivity index (χ1) is 21.5. The molecule has 0 saturated carbocycles. The Hall–Kier alpha value is -1.85. The number of rotatable bonds is 17. The summed E-state index contributed by atoms with van der Waals surface area (Å²) in [6, 6.07) is 0.310. The standard InChI is InChI=1S/C20H38F3NO5SSi.C10H19NO4S/c1-8-31(9-2,10-3)29-16(20(21,22)23)12-14-30-13-11-15(17(25)27-7)24-18(26)28-19(4,5)6;1-10(2,3)15-9(13)11-7(5-6-16)8(12)14-4/h15-16H,8-14H2,1-7H3,(H,24,26);7,16H,5-6H2,1-4H3,(H,11,13)/t15-,16+;7-/m00/s1. The number of thiol groups is 1. The van der Waals surface area contributed by atoms with E-state index in [1.807, 2.05) is 20.8 Å². The van der Waals surface area contributed by atoms with Crippen LogP contribution in [-0.2, 0) is 33.0 Å². The van der Waals surface area contributed by atoms with E-state index in [0.717, 1.165) is 0 Å². The number of thioether (sulfide) groups is 1. The van der Waals surface area contributed by atoms with Crippen molar-refractivity contribution in [2.75, 3.05) is 31.5 Å². The van der Waals surface area contributed by atoms with Crippen LogP contribution in [0.15, 0.2) is 0 Å². The highest BCUT2D eigenvalue weighted by atomic mass is 32.2. The molecule has 3 atom stereocenters. The molecule has 0 unspecified atom stereocenters. The Morgan fingerprint density at radius 2 is 1.11 bits per heavy atom. The van der Waals surface area contributed by atoms with E-state index in [4.69, 9.17) is 18.6 Å². The van der Waals surface area contributed by atoms with Crippen molar-refractivity contribution >= 4 is 56.8 Å². The summed E-state index contributed by atoms with van der Waals surface area (Å²) in [6.45, 7) is 16.0. The molecule has 0 saturated heterocycles. The highest BCUT2D eigenvalue weighted by Crippen LogP contribution is 2.33. The molecule has 11 nitrogen and oxygen atoms in total. The summed E-state index contributed by atoms with van der Waals surface area (Å²) >= 11 is 5.28. The van der Waals surface area contributed by atoms with Crippen molar-refractivity contribution in [2.24, 2.45) is 0 Å². The van der Waals surface area contributed by atoms with E-state index < -0.39 is 68.0 Å². The number of ether oxygens (including phenoxy) is 4. The van der Waals surface area contributed by atoms with Gasteiger partial charge >= 0.3 is 30.3 Å². The monoisotopic (exact) mass is 738 g/mol. The third-order valence-corrected chi connectivity index (χ3v) is 12.5. The topological polar surface area (TPSA) is 138 Å². The minimum atomic E-state index is -4.41. The molecule has 0 rings (SSSR count). The number of carbonyl (C=O) groups excluding carboxylic acids is 4. The van der Waals surface area contributed by atoms with Crippen molar-refractivity contribution in [3.05, 3.63) is 0 Å². The van der Waals surface area contributed by atoms with Gasteiger partial charge in [-0.2, -0.15) is 37.6 Å². The van der Waals surface area contributed by atoms with Gasteiger partial charge in [0.25, 0.3) is 0 Å². The summed E-state index contributed by atoms with van der Waals surface area (Å²) in [4.78, 5) is 46.5. The summed E-state index contributed by atoms with van der Waals surface area (Å²) in [5.41, 5.74) is -1.31. The molecule has 0 bridgehead atoms. The number of esters is 2. The molecule has 0 spiro atoms. The molecule has 0 aromatic carbocycles. The number of methoxy groups -OCH3 is 2. The molecule has 0 radical (unpaired) electrons. The van der Waals surface area contributed by atoms with E-state index >= 15 is 0 Å². The van der Waals surface area contributed by atoms with Crippen molar-refractivity contribution in [1.29, 1.82) is 0 Å². The third-order valence-electron chi connectivity index (χ3n) is 6.54. The molecule has 278 valence electrons. The zero-order valence-electron chi connectivity index (χ0n) is 29.8. The van der Waals surface area contributed by atoms with Crippen LogP contribution >= 0.6 is 24.4 Å². The molecule has 0 aliphatic heterocycles. The molecule has 0 heterocycles. The summed E-state index contributed by atoms with van der Waals surface area (Å²) < 4.78 is 65.6. The molecule has 0 aromatic heterocycles. The lowest BCUT2D eigenvalue weighted by Crippen LogP contribution is -2.45. The van der Waals surface area contributed by atoms with E-state index in [0.29, 0.717) is 36.1 Å². The van der Waals surface area contributed by atoms with E-state index in [2.05, 4.69) is 28.0 Å². The second kappa shape index (κ2) is 22.7. The molecular weight excluding hydrogens is 682 g/mol. The van der Waals surface area contributed by atoms with Gasteiger partial charge in [0, 0.05) is 0 Å². The van der Waals surface area contributed by atoms with Gasteiger partial charge in [0.05, 0.1) is 14.2 Å². The SMILES string of the molecule is CC[Si](CC)(CC)O[C@H](CCSCC[C@H](NC(=O)OC(C)(C)C)C(=O)OC)C(F)(F)F.COC(=O)[C@H](CCS)NC(=O)OC(C)(C)C. The van der Waals surface area contributed by atoms with Crippen molar-refractivity contribution in [2.45, 2.75) is 135 Å². The summed E-state index contributed by atoms with van der Waals surface area (Å²) in [5, 5.41) is 4.89. The van der Waals surface area contributed by atoms with E-state index in [9.17, 15) is 32.3 Å². The Labute approximate surface area is 289 Å². The van der Waals surface area contributed by atoms with Crippen LogP contribution in [0.4, 0.5) is 22.8 Å². The fourth-order valence-corrected chi connectivity index (χ4v) is 8.00. The first kappa shape index (κ1) is 47.3. The number of hydrogen-bond donors (Lipinski definition) is 3. The lowest BCUT2D eigenvalue weighted by molar-refractivity contribution is -0.198. The zero-order chi connectivity index (χ0) is 37.1. The van der Waals surface area contributed by atoms with Gasteiger partial charge in [-0.05, 0) is 96.2 Å². The fourth-order valence-electron chi connectivity index (χ4n) is 3.90. The number of amides is 2. The molecule has 0 fully saturated rings. The van der Waals surface area contributed by atoms with Gasteiger partial charge in [-0.25, -0.2) is 19.2 Å². The van der Waals surface area contributed by atoms with Gasteiger partial charge in [0.1, 0.15) is 29.4 Å². The number of hydrogen-bond acceptors (Lipinski definition) is 11. The first-order valence-electron chi connectivity index (χ1n) is 15.6. The maximum absolute atomic E-state index is 13.5. The molecular formula is C30H57F3N2O9S2Si. The summed E-state index contributed by atoms with van der Waals surface area (Å²) in [7, 11) is 0.0862. The van der Waals surface area contributed by atoms with E-state index in [-0.39, 0.29) is 18.6 Å². The van der Waals surface area contributed by atoms with Crippen molar-refractivity contribution in [3.8, 4) is 0 Å². The van der Waals surface area contributed by atoms with Crippen molar-refractivity contribution < 1.29 is 55.7 Å². The van der Waals surface area contributed by atoms with Crippen LogP contribution in [0, 0.1) is 0 Å². The van der Waals surface area contributed by atoms with E-state index in [1.54, 1.807) is 41.5 Å². The maximum atomic E-state index is 13.5. The lowest BCUT2D eigenvalue weighted by atomic mass is 10.2. The number of nitrogens with one attached hydrogen (secondary N) is 2. The van der Waals surface area contributed by atoms with Crippen LogP contribution in [-0.4, -0.2) is 99.5 Å². The quantitative estimate of drug-likeness (QED) is 0.0476. The van der Waals surface area contributed by atoms with E-state index in [1.165, 1.54) is 26.0 Å². The predicted molar refractivity (Wildman–Crippen MR) is 184 cm³/mol. The molecule has 17 heteroatoms. The lowest BCUT2D eigenvalue weighted by Gasteiger charge is -2.34. The molecule has 0 aliphatic carbocycles. The van der Waals surface area contributed by atoms with Gasteiger partial charge in [0.2, 0.25) is 0 Å². The normalized spacial score (nSPS) is 14.0. The minimum absolute atomic E-state index is 0.148. The average molecular weight is 739 g/mol. The summed E-state index contributed by atoms with van der Waals surface area (Å²) in [5.74, 6) is -0.0628. The predicted octanol–water partition coefficient (Wildman–Crippen LogP) is 6.89. The Morgan fingerprint density at radius 1 is 0.723 bits per heavy atom. The third kappa shape index (κ3) is 22.4. The largest absolute Gasteiger partial charge is 0.467 e. The Kier molecular flexibility index (Phi) is 22.8.